The Kier molecular flexibility index (Phi) is 7.98. The monoisotopic (exact) mass is 601 g/mol. The van der Waals surface area contributed by atoms with E-state index in [4.69, 9.17) is 32.7 Å². The smallest absolute Gasteiger partial charge is 0.251 e. The predicted octanol–water partition coefficient (Wildman–Crippen LogP) is 8.38. The first kappa shape index (κ1) is 26.0. The topological polar surface area (TPSA) is 67.8 Å². The van der Waals surface area contributed by atoms with Gasteiger partial charge in [-0.25, -0.2) is 0 Å². The molecule has 5 rings (SSSR count). The van der Waals surface area contributed by atoms with Gasteiger partial charge in [0.25, 0.3) is 5.91 Å². The molecule has 1 amide bonds. The highest BCUT2D eigenvalue weighted by atomic mass is 79.9. The molecule has 1 aliphatic heterocycles. The molecule has 2 N–H and O–H groups in total. The van der Waals surface area contributed by atoms with Crippen LogP contribution in [-0.2, 0) is 6.42 Å². The second kappa shape index (κ2) is 11.4. The average Bonchev–Trinajstić information content (AvgIpc) is 2.85. The summed E-state index contributed by atoms with van der Waals surface area (Å²) in [6, 6.07) is 16.1. The van der Waals surface area contributed by atoms with Gasteiger partial charge in [-0.05, 0) is 85.7 Å². The largest absolute Gasteiger partial charge is 0.512 e. The van der Waals surface area contributed by atoms with Crippen LogP contribution in [0.2, 0.25) is 10.0 Å². The van der Waals surface area contributed by atoms with E-state index >= 15 is 0 Å². The molecule has 1 atom stereocenters. The highest BCUT2D eigenvalue weighted by Gasteiger charge is 2.29. The maximum atomic E-state index is 12.6. The van der Waals surface area contributed by atoms with Crippen LogP contribution in [0.5, 0.6) is 17.2 Å². The summed E-state index contributed by atoms with van der Waals surface area (Å²) in [5, 5.41) is 14.8. The van der Waals surface area contributed by atoms with Crippen LogP contribution >= 0.6 is 39.1 Å². The van der Waals surface area contributed by atoms with Gasteiger partial charge in [-0.2, -0.15) is 0 Å². The lowest BCUT2D eigenvalue weighted by Gasteiger charge is -2.29. The predicted molar refractivity (Wildman–Crippen MR) is 150 cm³/mol. The molecule has 1 saturated carbocycles. The Morgan fingerprint density at radius 3 is 2.59 bits per heavy atom. The molecule has 8 heteroatoms. The number of allylic oxidation sites excluding steroid dienone is 2. The van der Waals surface area contributed by atoms with E-state index in [1.807, 2.05) is 24.3 Å². The summed E-state index contributed by atoms with van der Waals surface area (Å²) >= 11 is 16.0. The van der Waals surface area contributed by atoms with Gasteiger partial charge >= 0.3 is 0 Å². The zero-order valence-electron chi connectivity index (χ0n) is 20.0. The Hall–Kier alpha value is -2.67. The minimum absolute atomic E-state index is 0.0933. The normalized spacial score (nSPS) is 16.3. The van der Waals surface area contributed by atoms with E-state index in [1.54, 1.807) is 30.3 Å². The van der Waals surface area contributed by atoms with Gasteiger partial charge < -0.3 is 19.9 Å². The quantitative estimate of drug-likeness (QED) is 0.267. The molecule has 3 aromatic rings. The number of aliphatic hydroxyl groups is 1. The number of carbonyl (C=O) groups is 1. The van der Waals surface area contributed by atoms with Gasteiger partial charge in [0.15, 0.2) is 0 Å². The van der Waals surface area contributed by atoms with Crippen LogP contribution in [0.3, 0.4) is 0 Å². The molecular weight excluding hydrogens is 577 g/mol. The first-order chi connectivity index (χ1) is 17.9. The van der Waals surface area contributed by atoms with Crippen molar-refractivity contribution in [2.75, 3.05) is 13.2 Å². The number of benzene rings is 3. The lowest BCUT2D eigenvalue weighted by Crippen LogP contribution is -2.25. The molecule has 1 heterocycles. The van der Waals surface area contributed by atoms with E-state index in [0.29, 0.717) is 58.2 Å². The first-order valence-electron chi connectivity index (χ1n) is 12.3. The molecule has 0 radical (unpaired) electrons. The minimum Gasteiger partial charge on any atom is -0.512 e. The zero-order chi connectivity index (χ0) is 25.9. The Morgan fingerprint density at radius 2 is 1.89 bits per heavy atom. The molecule has 0 saturated heterocycles. The summed E-state index contributed by atoms with van der Waals surface area (Å²) in [5.41, 5.74) is 3.62. The van der Waals surface area contributed by atoms with E-state index in [1.165, 1.54) is 0 Å². The van der Waals surface area contributed by atoms with Crippen LogP contribution in [0.25, 0.3) is 0 Å². The van der Waals surface area contributed by atoms with Crippen molar-refractivity contribution in [2.24, 2.45) is 0 Å². The molecule has 0 spiro atoms. The number of hydrogen-bond donors (Lipinski definition) is 2. The van der Waals surface area contributed by atoms with Gasteiger partial charge in [-0.1, -0.05) is 45.2 Å². The van der Waals surface area contributed by atoms with E-state index in [2.05, 4.69) is 21.2 Å². The number of fused-ring (bicyclic) bond motifs is 1. The number of hydrogen-bond acceptors (Lipinski definition) is 4. The maximum absolute atomic E-state index is 12.6. The fourth-order valence-electron chi connectivity index (χ4n) is 4.55. The van der Waals surface area contributed by atoms with Gasteiger partial charge in [0.05, 0.1) is 17.4 Å². The molecule has 192 valence electrons. The molecule has 2 aliphatic rings. The summed E-state index contributed by atoms with van der Waals surface area (Å²) in [6.07, 6.45) is 4.45. The lowest BCUT2D eigenvalue weighted by atomic mass is 9.83. The molecule has 0 aromatic heterocycles. The molecule has 3 aromatic carbocycles. The maximum Gasteiger partial charge on any atom is 0.251 e. The number of nitrogens with one attached hydrogen (secondary N) is 1. The van der Waals surface area contributed by atoms with Crippen LogP contribution < -0.4 is 14.8 Å². The Labute approximate surface area is 234 Å². The number of carbonyl (C=O) groups excluding carboxylic acids is 1. The molecule has 1 fully saturated rings. The number of ether oxygens (including phenoxy) is 2. The first-order valence-corrected chi connectivity index (χ1v) is 13.8. The second-order valence-electron chi connectivity index (χ2n) is 9.22. The zero-order valence-corrected chi connectivity index (χ0v) is 23.1. The van der Waals surface area contributed by atoms with Crippen molar-refractivity contribution >= 4 is 45.0 Å². The number of rotatable bonds is 7. The van der Waals surface area contributed by atoms with E-state index in [9.17, 15) is 9.90 Å². The standard InChI is InChI=1S/C29H26BrCl2NO4/c30-24-14-20(31)7-4-17(24)10-12-33-29(35)19-5-8-21(9-6-19)37-27-16-26-23(15-25(27)32)22(11-13-36-26)28(34)18-2-1-3-18/h4-9,14-16,22,34H,1-3,10-13H2,(H,33,35). The number of aliphatic hydroxyl groups excluding tert-OH is 1. The van der Waals surface area contributed by atoms with Crippen molar-refractivity contribution in [3.05, 3.63) is 97.1 Å². The number of halogens is 3. The summed E-state index contributed by atoms with van der Waals surface area (Å²) in [5.74, 6) is 1.89. The highest BCUT2D eigenvalue weighted by molar-refractivity contribution is 9.10. The average molecular weight is 603 g/mol. The Balaban J connectivity index is 1.22. The van der Waals surface area contributed by atoms with Crippen molar-refractivity contribution in [1.29, 1.82) is 0 Å². The van der Waals surface area contributed by atoms with Crippen LogP contribution in [0.1, 0.15) is 53.1 Å². The Morgan fingerprint density at radius 1 is 1.11 bits per heavy atom. The molecule has 37 heavy (non-hydrogen) atoms. The number of amides is 1. The van der Waals surface area contributed by atoms with Crippen molar-refractivity contribution in [1.82, 2.24) is 5.32 Å². The van der Waals surface area contributed by atoms with Crippen LogP contribution in [0, 0.1) is 0 Å². The molecule has 1 aliphatic carbocycles. The van der Waals surface area contributed by atoms with Gasteiger partial charge in [-0.15, -0.1) is 0 Å². The molecule has 0 bridgehead atoms. The third-order valence-electron chi connectivity index (χ3n) is 6.79. The Bertz CT molecular complexity index is 1350. The summed E-state index contributed by atoms with van der Waals surface area (Å²) in [6.45, 7) is 1.02. The highest BCUT2D eigenvalue weighted by Crippen LogP contribution is 2.45. The lowest BCUT2D eigenvalue weighted by molar-refractivity contribution is 0.0954. The molecular formula is C29H26BrCl2NO4. The fraction of sp³-hybridized carbons (Fsp3) is 0.276. The molecule has 1 unspecified atom stereocenters. The summed E-state index contributed by atoms with van der Waals surface area (Å²) < 4.78 is 12.8. The van der Waals surface area contributed by atoms with Crippen molar-refractivity contribution in [2.45, 2.75) is 38.0 Å². The van der Waals surface area contributed by atoms with E-state index in [-0.39, 0.29) is 11.8 Å². The van der Waals surface area contributed by atoms with E-state index in [0.717, 1.165) is 46.9 Å². The van der Waals surface area contributed by atoms with Gasteiger partial charge in [0, 0.05) is 39.2 Å². The van der Waals surface area contributed by atoms with Gasteiger partial charge in [0.1, 0.15) is 17.2 Å². The SMILES string of the molecule is O=C(NCCc1ccc(Cl)cc1Br)c1ccc(Oc2cc3c(cc2Cl)C(C(O)=C2CCC2)CCO3)cc1. The van der Waals surface area contributed by atoms with Crippen molar-refractivity contribution in [3.8, 4) is 17.2 Å². The minimum atomic E-state index is -0.164. The third-order valence-corrected chi connectivity index (χ3v) is 8.06. The van der Waals surface area contributed by atoms with Crippen LogP contribution in [-0.4, -0.2) is 24.2 Å². The second-order valence-corrected chi connectivity index (χ2v) is 10.9. The third kappa shape index (κ3) is 5.92. The molecule has 5 nitrogen and oxygen atoms in total. The fourth-order valence-corrected chi connectivity index (χ4v) is 5.64. The van der Waals surface area contributed by atoms with Crippen molar-refractivity contribution < 1.29 is 19.4 Å². The summed E-state index contributed by atoms with van der Waals surface area (Å²) in [7, 11) is 0. The van der Waals surface area contributed by atoms with Gasteiger partial charge in [0.2, 0.25) is 0 Å². The van der Waals surface area contributed by atoms with Crippen LogP contribution in [0.15, 0.2) is 70.4 Å². The van der Waals surface area contributed by atoms with Gasteiger partial charge in [-0.3, -0.25) is 4.79 Å². The van der Waals surface area contributed by atoms with E-state index < -0.39 is 0 Å². The van der Waals surface area contributed by atoms with Crippen LogP contribution in [0.4, 0.5) is 0 Å². The van der Waals surface area contributed by atoms with Crippen molar-refractivity contribution in [3.63, 3.8) is 0 Å². The summed E-state index contributed by atoms with van der Waals surface area (Å²) in [4.78, 5) is 12.6.